The topological polar surface area (TPSA) is 41.6 Å². The van der Waals surface area contributed by atoms with Crippen molar-refractivity contribution >= 4 is 11.8 Å². The fraction of sp³-hybridized carbons (Fsp3) is 0.316. The van der Waals surface area contributed by atoms with E-state index >= 15 is 0 Å². The number of hydrogen-bond acceptors (Lipinski definition) is 3. The zero-order valence-electron chi connectivity index (χ0n) is 14.3. The van der Waals surface area contributed by atoms with Gasteiger partial charge in [-0.05, 0) is 30.2 Å². The van der Waals surface area contributed by atoms with Crippen molar-refractivity contribution in [2.45, 2.75) is 25.2 Å². The number of likely N-dealkylation sites (tertiary alicyclic amines) is 1. The van der Waals surface area contributed by atoms with Gasteiger partial charge in [-0.1, -0.05) is 30.3 Å². The standard InChI is InChI=1S/C19H18F4N2O2/c20-17-7-6-14(10-16(17)19(21,22)23)24-18(26)27-15-8-9-25(12-15)11-13-4-2-1-3-5-13/h1-7,10,15H,8-9,11-12H2,(H,24,26). The summed E-state index contributed by atoms with van der Waals surface area (Å²) in [6, 6.07) is 12.1. The number of nitrogens with one attached hydrogen (secondary N) is 1. The quantitative estimate of drug-likeness (QED) is 0.782. The molecule has 1 N–H and O–H groups in total. The molecule has 1 aliphatic rings. The van der Waals surface area contributed by atoms with Crippen molar-refractivity contribution in [1.29, 1.82) is 0 Å². The van der Waals surface area contributed by atoms with Crippen LogP contribution in [0.25, 0.3) is 0 Å². The van der Waals surface area contributed by atoms with Crippen LogP contribution in [0.1, 0.15) is 17.5 Å². The van der Waals surface area contributed by atoms with Gasteiger partial charge in [0.1, 0.15) is 11.9 Å². The molecule has 0 aromatic heterocycles. The molecule has 1 fully saturated rings. The molecule has 0 bridgehead atoms. The van der Waals surface area contributed by atoms with Gasteiger partial charge < -0.3 is 4.74 Å². The van der Waals surface area contributed by atoms with E-state index < -0.39 is 23.7 Å². The molecule has 1 atom stereocenters. The summed E-state index contributed by atoms with van der Waals surface area (Å²) >= 11 is 0. The molecule has 1 amide bonds. The largest absolute Gasteiger partial charge is 0.445 e. The van der Waals surface area contributed by atoms with Gasteiger partial charge in [0.15, 0.2) is 0 Å². The van der Waals surface area contributed by atoms with Crippen molar-refractivity contribution in [3.63, 3.8) is 0 Å². The number of alkyl halides is 3. The first-order chi connectivity index (χ1) is 12.8. The first-order valence-electron chi connectivity index (χ1n) is 8.42. The molecule has 3 rings (SSSR count). The van der Waals surface area contributed by atoms with Crippen molar-refractivity contribution in [1.82, 2.24) is 4.90 Å². The van der Waals surface area contributed by atoms with E-state index in [-0.39, 0.29) is 11.8 Å². The van der Waals surface area contributed by atoms with Crippen LogP contribution >= 0.6 is 0 Å². The van der Waals surface area contributed by atoms with Crippen LogP contribution in [0, 0.1) is 5.82 Å². The van der Waals surface area contributed by atoms with Gasteiger partial charge in [0.25, 0.3) is 0 Å². The van der Waals surface area contributed by atoms with Crippen molar-refractivity contribution in [2.75, 3.05) is 18.4 Å². The van der Waals surface area contributed by atoms with E-state index in [4.69, 9.17) is 4.74 Å². The third-order valence-electron chi connectivity index (χ3n) is 4.27. The summed E-state index contributed by atoms with van der Waals surface area (Å²) in [6.45, 7) is 2.02. The molecule has 27 heavy (non-hydrogen) atoms. The first-order valence-corrected chi connectivity index (χ1v) is 8.42. The molecule has 1 heterocycles. The number of hydrogen-bond donors (Lipinski definition) is 1. The third-order valence-corrected chi connectivity index (χ3v) is 4.27. The van der Waals surface area contributed by atoms with Gasteiger partial charge in [0.2, 0.25) is 0 Å². The van der Waals surface area contributed by atoms with Gasteiger partial charge in [0.05, 0.1) is 5.56 Å². The predicted molar refractivity (Wildman–Crippen MR) is 91.6 cm³/mol. The molecule has 0 aliphatic carbocycles. The van der Waals surface area contributed by atoms with Crippen LogP contribution in [0.15, 0.2) is 48.5 Å². The molecule has 2 aromatic carbocycles. The molecule has 1 unspecified atom stereocenters. The average molecular weight is 382 g/mol. The van der Waals surface area contributed by atoms with Crippen molar-refractivity contribution < 1.29 is 27.1 Å². The molecule has 144 valence electrons. The van der Waals surface area contributed by atoms with E-state index in [1.807, 2.05) is 30.3 Å². The van der Waals surface area contributed by atoms with Crippen molar-refractivity contribution in [2.24, 2.45) is 0 Å². The van der Waals surface area contributed by atoms with Crippen molar-refractivity contribution in [3.8, 4) is 0 Å². The van der Waals surface area contributed by atoms with E-state index in [1.165, 1.54) is 0 Å². The maximum absolute atomic E-state index is 13.3. The Morgan fingerprint density at radius 3 is 2.63 bits per heavy atom. The predicted octanol–water partition coefficient (Wildman–Crippen LogP) is 4.67. The second-order valence-electron chi connectivity index (χ2n) is 6.35. The molecule has 2 aromatic rings. The van der Waals surface area contributed by atoms with E-state index in [0.717, 1.165) is 24.7 Å². The summed E-state index contributed by atoms with van der Waals surface area (Å²) in [5, 5.41) is 2.23. The minimum atomic E-state index is -4.84. The monoisotopic (exact) mass is 382 g/mol. The van der Waals surface area contributed by atoms with Crippen LogP contribution < -0.4 is 5.32 Å². The number of rotatable bonds is 4. The lowest BCUT2D eigenvalue weighted by Gasteiger charge is -2.17. The van der Waals surface area contributed by atoms with Gasteiger partial charge in [-0.25, -0.2) is 9.18 Å². The maximum Gasteiger partial charge on any atom is 0.419 e. The summed E-state index contributed by atoms with van der Waals surface area (Å²) in [4.78, 5) is 14.1. The summed E-state index contributed by atoms with van der Waals surface area (Å²) in [5.74, 6) is -1.39. The Bertz CT molecular complexity index is 796. The van der Waals surface area contributed by atoms with Gasteiger partial charge in [-0.15, -0.1) is 0 Å². The highest BCUT2D eigenvalue weighted by molar-refractivity contribution is 5.84. The van der Waals surface area contributed by atoms with Crippen molar-refractivity contribution in [3.05, 3.63) is 65.5 Å². The molecule has 1 aliphatic heterocycles. The summed E-state index contributed by atoms with van der Waals surface area (Å²) < 4.78 is 56.7. The summed E-state index contributed by atoms with van der Waals surface area (Å²) in [7, 11) is 0. The van der Waals surface area contributed by atoms with E-state index in [1.54, 1.807) is 0 Å². The minimum Gasteiger partial charge on any atom is -0.445 e. The van der Waals surface area contributed by atoms with Gasteiger partial charge in [-0.3, -0.25) is 10.2 Å². The van der Waals surface area contributed by atoms with Crippen LogP contribution in [0.4, 0.5) is 28.0 Å². The third kappa shape index (κ3) is 5.19. The Morgan fingerprint density at radius 2 is 1.93 bits per heavy atom. The molecule has 1 saturated heterocycles. The lowest BCUT2D eigenvalue weighted by molar-refractivity contribution is -0.139. The number of ether oxygens (including phenoxy) is 1. The van der Waals surface area contributed by atoms with E-state index in [9.17, 15) is 22.4 Å². The molecule has 4 nitrogen and oxygen atoms in total. The zero-order chi connectivity index (χ0) is 19.4. The lowest BCUT2D eigenvalue weighted by Crippen LogP contribution is -2.26. The van der Waals surface area contributed by atoms with Crippen LogP contribution in [0.5, 0.6) is 0 Å². The Hall–Kier alpha value is -2.61. The van der Waals surface area contributed by atoms with E-state index in [2.05, 4.69) is 10.2 Å². The number of nitrogens with zero attached hydrogens (tertiary/aromatic N) is 1. The highest BCUT2D eigenvalue weighted by atomic mass is 19.4. The summed E-state index contributed by atoms with van der Waals surface area (Å²) in [5.41, 5.74) is -0.461. The number of amides is 1. The molecule has 0 saturated carbocycles. The second kappa shape index (κ2) is 7.96. The van der Waals surface area contributed by atoms with Crippen LogP contribution in [0.2, 0.25) is 0 Å². The highest BCUT2D eigenvalue weighted by Crippen LogP contribution is 2.33. The SMILES string of the molecule is O=C(Nc1ccc(F)c(C(F)(F)F)c1)OC1CCN(Cc2ccccc2)C1. The molecular formula is C19H18F4N2O2. The number of benzene rings is 2. The Labute approximate surface area is 153 Å². The fourth-order valence-corrected chi connectivity index (χ4v) is 3.00. The van der Waals surface area contributed by atoms with Crippen LogP contribution in [0.3, 0.4) is 0 Å². The van der Waals surface area contributed by atoms with Gasteiger partial charge in [0, 0.05) is 25.3 Å². The van der Waals surface area contributed by atoms with Crippen LogP contribution in [-0.2, 0) is 17.5 Å². The number of anilines is 1. The van der Waals surface area contributed by atoms with Crippen LogP contribution in [-0.4, -0.2) is 30.2 Å². The fourth-order valence-electron chi connectivity index (χ4n) is 3.00. The first kappa shape index (κ1) is 19.2. The van der Waals surface area contributed by atoms with Gasteiger partial charge in [-0.2, -0.15) is 13.2 Å². The zero-order valence-corrected chi connectivity index (χ0v) is 14.3. The number of carbonyl (C=O) groups excluding carboxylic acids is 1. The normalized spacial score (nSPS) is 17.7. The maximum atomic E-state index is 13.3. The van der Waals surface area contributed by atoms with Gasteiger partial charge >= 0.3 is 12.3 Å². The molecule has 8 heteroatoms. The molecular weight excluding hydrogens is 364 g/mol. The second-order valence-corrected chi connectivity index (χ2v) is 6.35. The number of carbonyl (C=O) groups is 1. The lowest BCUT2D eigenvalue weighted by atomic mass is 10.2. The van der Waals surface area contributed by atoms with E-state index in [0.29, 0.717) is 25.1 Å². The Balaban J connectivity index is 1.53. The highest BCUT2D eigenvalue weighted by Gasteiger charge is 2.34. The smallest absolute Gasteiger partial charge is 0.419 e. The molecule has 0 spiro atoms. The minimum absolute atomic E-state index is 0.173. The number of halogens is 4. The molecule has 0 radical (unpaired) electrons. The average Bonchev–Trinajstić information content (AvgIpc) is 3.03. The summed E-state index contributed by atoms with van der Waals surface area (Å²) in [6.07, 6.45) is -5.41. The Kier molecular flexibility index (Phi) is 5.65. The Morgan fingerprint density at radius 1 is 1.19 bits per heavy atom.